The lowest BCUT2D eigenvalue weighted by molar-refractivity contribution is -0.141. The Balaban J connectivity index is 2.93. The Morgan fingerprint density at radius 1 is 1.37 bits per heavy atom. The van der Waals surface area contributed by atoms with Gasteiger partial charge in [-0.05, 0) is 37.3 Å². The second-order valence-electron chi connectivity index (χ2n) is 4.58. The van der Waals surface area contributed by atoms with Gasteiger partial charge in [-0.25, -0.2) is 0 Å². The molecule has 2 unspecified atom stereocenters. The number of para-hydroxylation sites is 1. The summed E-state index contributed by atoms with van der Waals surface area (Å²) in [6, 6.07) is 7.83. The van der Waals surface area contributed by atoms with E-state index in [0.717, 1.165) is 17.7 Å². The highest BCUT2D eigenvalue weighted by Crippen LogP contribution is 2.33. The van der Waals surface area contributed by atoms with Crippen molar-refractivity contribution in [2.45, 2.75) is 32.6 Å². The molecule has 0 aliphatic rings. The summed E-state index contributed by atoms with van der Waals surface area (Å²) in [4.78, 5) is 11.1. The summed E-state index contributed by atoms with van der Waals surface area (Å²) < 4.78 is 5.62. The predicted molar refractivity (Wildman–Crippen MR) is 75.4 cm³/mol. The van der Waals surface area contributed by atoms with Crippen LogP contribution >= 0.6 is 0 Å². The van der Waals surface area contributed by atoms with E-state index in [1.807, 2.05) is 31.2 Å². The highest BCUT2D eigenvalue weighted by molar-refractivity contribution is 5.70. The number of carboxylic acid groups (broad SMARTS) is 1. The molecular formula is C15H23NO3. The third-order valence-electron chi connectivity index (χ3n) is 3.35. The molecule has 0 fully saturated rings. The first-order valence-corrected chi connectivity index (χ1v) is 6.78. The van der Waals surface area contributed by atoms with Gasteiger partial charge >= 0.3 is 5.97 Å². The smallest absolute Gasteiger partial charge is 0.307 e. The fraction of sp³-hybridized carbons (Fsp3) is 0.533. The number of hydrogen-bond acceptors (Lipinski definition) is 3. The van der Waals surface area contributed by atoms with Gasteiger partial charge in [-0.2, -0.15) is 0 Å². The molecule has 4 heteroatoms. The molecule has 0 bridgehead atoms. The number of rotatable bonds is 8. The van der Waals surface area contributed by atoms with Crippen LogP contribution in [-0.4, -0.2) is 24.2 Å². The Kier molecular flexibility index (Phi) is 6.36. The fourth-order valence-electron chi connectivity index (χ4n) is 2.26. The molecule has 1 aromatic carbocycles. The lowest BCUT2D eigenvalue weighted by Gasteiger charge is -2.21. The number of carboxylic acids is 1. The van der Waals surface area contributed by atoms with Crippen LogP contribution in [-0.2, 0) is 4.79 Å². The number of ether oxygens (including phenoxy) is 1. The zero-order valence-electron chi connectivity index (χ0n) is 11.6. The summed E-state index contributed by atoms with van der Waals surface area (Å²) >= 11 is 0. The van der Waals surface area contributed by atoms with Gasteiger partial charge in [0.2, 0.25) is 0 Å². The van der Waals surface area contributed by atoms with Gasteiger partial charge in [-0.15, -0.1) is 0 Å². The van der Waals surface area contributed by atoms with Crippen LogP contribution in [0.5, 0.6) is 5.75 Å². The van der Waals surface area contributed by atoms with Crippen LogP contribution in [0.3, 0.4) is 0 Å². The van der Waals surface area contributed by atoms with Gasteiger partial charge in [0, 0.05) is 6.54 Å². The average Bonchev–Trinajstić information content (AvgIpc) is 2.41. The van der Waals surface area contributed by atoms with Crippen LogP contribution in [0.1, 0.15) is 38.2 Å². The quantitative estimate of drug-likeness (QED) is 0.758. The standard InChI is InChI=1S/C15H23NO3/c1-3-11(9-12(10-16)15(17)18)13-7-5-6-8-14(13)19-4-2/h5-8,11-12H,3-4,9-10,16H2,1-2H3,(H,17,18). The Morgan fingerprint density at radius 3 is 2.58 bits per heavy atom. The lowest BCUT2D eigenvalue weighted by Crippen LogP contribution is -2.25. The molecule has 19 heavy (non-hydrogen) atoms. The van der Waals surface area contributed by atoms with E-state index in [0.29, 0.717) is 13.0 Å². The first-order chi connectivity index (χ1) is 9.13. The van der Waals surface area contributed by atoms with E-state index in [9.17, 15) is 4.79 Å². The highest BCUT2D eigenvalue weighted by Gasteiger charge is 2.23. The van der Waals surface area contributed by atoms with Crippen molar-refractivity contribution in [2.24, 2.45) is 11.7 Å². The van der Waals surface area contributed by atoms with Gasteiger partial charge in [-0.3, -0.25) is 4.79 Å². The second kappa shape index (κ2) is 7.79. The third-order valence-corrected chi connectivity index (χ3v) is 3.35. The van der Waals surface area contributed by atoms with Crippen molar-refractivity contribution in [1.82, 2.24) is 0 Å². The van der Waals surface area contributed by atoms with Crippen molar-refractivity contribution in [3.8, 4) is 5.75 Å². The molecule has 0 heterocycles. The fourth-order valence-corrected chi connectivity index (χ4v) is 2.26. The largest absolute Gasteiger partial charge is 0.494 e. The van der Waals surface area contributed by atoms with Crippen LogP contribution in [0.25, 0.3) is 0 Å². The Hall–Kier alpha value is -1.55. The van der Waals surface area contributed by atoms with Gasteiger partial charge < -0.3 is 15.6 Å². The van der Waals surface area contributed by atoms with Crippen LogP contribution in [0.2, 0.25) is 0 Å². The normalized spacial score (nSPS) is 13.8. The van der Waals surface area contributed by atoms with Crippen LogP contribution < -0.4 is 10.5 Å². The minimum atomic E-state index is -0.824. The molecular weight excluding hydrogens is 242 g/mol. The van der Waals surface area contributed by atoms with Gasteiger partial charge in [0.25, 0.3) is 0 Å². The summed E-state index contributed by atoms with van der Waals surface area (Å²) in [5.41, 5.74) is 6.61. The molecule has 0 spiro atoms. The van der Waals surface area contributed by atoms with E-state index < -0.39 is 11.9 Å². The Labute approximate surface area is 114 Å². The maximum atomic E-state index is 11.1. The summed E-state index contributed by atoms with van der Waals surface area (Å²) in [5, 5.41) is 9.13. The van der Waals surface area contributed by atoms with Crippen molar-refractivity contribution in [3.63, 3.8) is 0 Å². The van der Waals surface area contributed by atoms with Crippen LogP contribution in [0.15, 0.2) is 24.3 Å². The minimum absolute atomic E-state index is 0.160. The molecule has 2 atom stereocenters. The van der Waals surface area contributed by atoms with Crippen molar-refractivity contribution < 1.29 is 14.6 Å². The molecule has 0 aliphatic carbocycles. The summed E-state index contributed by atoms with van der Waals surface area (Å²) in [6.07, 6.45) is 1.42. The molecule has 0 radical (unpaired) electrons. The van der Waals surface area contributed by atoms with E-state index in [1.165, 1.54) is 0 Å². The third kappa shape index (κ3) is 4.24. The van der Waals surface area contributed by atoms with Gasteiger partial charge in [0.15, 0.2) is 0 Å². The Morgan fingerprint density at radius 2 is 2.05 bits per heavy atom. The molecule has 1 rings (SSSR count). The maximum absolute atomic E-state index is 11.1. The molecule has 106 valence electrons. The predicted octanol–water partition coefficient (Wildman–Crippen LogP) is 2.63. The molecule has 0 saturated heterocycles. The molecule has 1 aromatic rings. The average molecular weight is 265 g/mol. The van der Waals surface area contributed by atoms with Gasteiger partial charge in [0.1, 0.15) is 5.75 Å². The maximum Gasteiger partial charge on any atom is 0.307 e. The van der Waals surface area contributed by atoms with E-state index in [-0.39, 0.29) is 12.5 Å². The molecule has 0 saturated carbocycles. The number of nitrogens with two attached hydrogens (primary N) is 1. The van der Waals surface area contributed by atoms with Gasteiger partial charge in [0.05, 0.1) is 12.5 Å². The lowest BCUT2D eigenvalue weighted by atomic mass is 9.86. The Bertz CT molecular complexity index is 406. The number of aliphatic carboxylic acids is 1. The van der Waals surface area contributed by atoms with Crippen molar-refractivity contribution in [1.29, 1.82) is 0 Å². The monoisotopic (exact) mass is 265 g/mol. The van der Waals surface area contributed by atoms with Crippen molar-refractivity contribution in [3.05, 3.63) is 29.8 Å². The topological polar surface area (TPSA) is 72.5 Å². The molecule has 0 amide bonds. The molecule has 0 aromatic heterocycles. The van der Waals surface area contributed by atoms with E-state index in [4.69, 9.17) is 15.6 Å². The van der Waals surface area contributed by atoms with E-state index in [1.54, 1.807) is 0 Å². The SMILES string of the molecule is CCOc1ccccc1C(CC)CC(CN)C(=O)O. The second-order valence-corrected chi connectivity index (χ2v) is 4.58. The minimum Gasteiger partial charge on any atom is -0.494 e. The first kappa shape index (κ1) is 15.5. The number of hydrogen-bond donors (Lipinski definition) is 2. The summed E-state index contributed by atoms with van der Waals surface area (Å²) in [5.74, 6) is -0.320. The van der Waals surface area contributed by atoms with E-state index >= 15 is 0 Å². The van der Waals surface area contributed by atoms with Crippen LogP contribution in [0, 0.1) is 5.92 Å². The first-order valence-electron chi connectivity index (χ1n) is 6.78. The number of benzene rings is 1. The van der Waals surface area contributed by atoms with E-state index in [2.05, 4.69) is 6.92 Å². The molecule has 4 nitrogen and oxygen atoms in total. The van der Waals surface area contributed by atoms with Crippen molar-refractivity contribution >= 4 is 5.97 Å². The highest BCUT2D eigenvalue weighted by atomic mass is 16.5. The summed E-state index contributed by atoms with van der Waals surface area (Å²) in [6.45, 7) is 4.77. The molecule has 3 N–H and O–H groups in total. The zero-order chi connectivity index (χ0) is 14.3. The van der Waals surface area contributed by atoms with Crippen molar-refractivity contribution in [2.75, 3.05) is 13.2 Å². The van der Waals surface area contributed by atoms with Crippen LogP contribution in [0.4, 0.5) is 0 Å². The number of carbonyl (C=O) groups is 1. The van der Waals surface area contributed by atoms with Gasteiger partial charge in [-0.1, -0.05) is 25.1 Å². The zero-order valence-corrected chi connectivity index (χ0v) is 11.6. The molecule has 0 aliphatic heterocycles. The summed E-state index contributed by atoms with van der Waals surface area (Å²) in [7, 11) is 0.